The maximum absolute atomic E-state index is 11.2. The van der Waals surface area contributed by atoms with Crippen LogP contribution < -0.4 is 5.32 Å². The van der Waals surface area contributed by atoms with Crippen LogP contribution in [0.2, 0.25) is 0 Å². The summed E-state index contributed by atoms with van der Waals surface area (Å²) in [7, 11) is 0. The van der Waals surface area contributed by atoms with Crippen LogP contribution in [0.3, 0.4) is 0 Å². The van der Waals surface area contributed by atoms with Gasteiger partial charge in [-0.05, 0) is 18.5 Å². The van der Waals surface area contributed by atoms with Gasteiger partial charge in [-0.3, -0.25) is 4.79 Å². The summed E-state index contributed by atoms with van der Waals surface area (Å²) in [5.74, 6) is -0.245. The Kier molecular flexibility index (Phi) is 2.79. The van der Waals surface area contributed by atoms with E-state index in [0.717, 1.165) is 6.42 Å². The average Bonchev–Trinajstić information content (AvgIpc) is 2.56. The van der Waals surface area contributed by atoms with Gasteiger partial charge in [0.1, 0.15) is 6.20 Å². The highest BCUT2D eigenvalue weighted by Crippen LogP contribution is 1.94. The largest absolute Gasteiger partial charge is 0.348 e. The normalized spacial score (nSPS) is 12.5. The molecule has 0 fully saturated rings. The Labute approximate surface area is 70.1 Å². The monoisotopic (exact) mass is 169 g/mol. The van der Waals surface area contributed by atoms with Crippen LogP contribution in [0.4, 0.5) is 0 Å². The second kappa shape index (κ2) is 3.85. The van der Waals surface area contributed by atoms with E-state index in [-0.39, 0.29) is 17.6 Å². The molecule has 1 heterocycles. The van der Waals surface area contributed by atoms with Crippen LogP contribution >= 0.6 is 0 Å². The van der Waals surface area contributed by atoms with Gasteiger partial charge in [-0.2, -0.15) is 0 Å². The zero-order valence-corrected chi connectivity index (χ0v) is 7.07. The highest BCUT2D eigenvalue weighted by atomic mass is 16.6. The first kappa shape index (κ1) is 8.70. The van der Waals surface area contributed by atoms with E-state index in [2.05, 4.69) is 20.3 Å². The highest BCUT2D eigenvalue weighted by molar-refractivity contribution is 5.91. The van der Waals surface area contributed by atoms with E-state index in [1.165, 1.54) is 6.20 Å². The third-order valence-electron chi connectivity index (χ3n) is 1.58. The molecule has 0 saturated carbocycles. The number of hydrogen-bond donors (Lipinski definition) is 1. The third kappa shape index (κ3) is 2.05. The van der Waals surface area contributed by atoms with Crippen LogP contribution in [0.15, 0.2) is 10.8 Å². The molecular weight excluding hydrogens is 158 g/mol. The fourth-order valence-electron chi connectivity index (χ4n) is 0.664. The molecule has 0 aliphatic carbocycles. The highest BCUT2D eigenvalue weighted by Gasteiger charge is 2.11. The zero-order chi connectivity index (χ0) is 8.97. The Bertz CT molecular complexity index is 245. The summed E-state index contributed by atoms with van der Waals surface area (Å²) in [4.78, 5) is 11.2. The molecule has 0 aromatic carbocycles. The standard InChI is InChI=1S/C7H11N3O2/c1-3-5(2)9-7(11)6-4-8-12-10-6/h4-5H,3H2,1-2H3,(H,9,11). The van der Waals surface area contributed by atoms with E-state index in [9.17, 15) is 4.79 Å². The van der Waals surface area contributed by atoms with Crippen LogP contribution in [0.1, 0.15) is 30.8 Å². The van der Waals surface area contributed by atoms with Crippen molar-refractivity contribution in [1.29, 1.82) is 0 Å². The molecule has 1 unspecified atom stereocenters. The van der Waals surface area contributed by atoms with Crippen LogP contribution in [-0.2, 0) is 0 Å². The molecule has 5 heteroatoms. The first-order valence-electron chi connectivity index (χ1n) is 3.82. The van der Waals surface area contributed by atoms with E-state index in [4.69, 9.17) is 0 Å². The van der Waals surface area contributed by atoms with Crippen molar-refractivity contribution in [3.63, 3.8) is 0 Å². The molecule has 1 amide bonds. The summed E-state index contributed by atoms with van der Waals surface area (Å²) in [6.07, 6.45) is 2.18. The van der Waals surface area contributed by atoms with Gasteiger partial charge in [0.05, 0.1) is 0 Å². The number of carbonyl (C=O) groups excluding carboxylic acids is 1. The minimum atomic E-state index is -0.245. The summed E-state index contributed by atoms with van der Waals surface area (Å²) < 4.78 is 4.29. The molecule has 0 bridgehead atoms. The van der Waals surface area contributed by atoms with Crippen molar-refractivity contribution in [3.8, 4) is 0 Å². The van der Waals surface area contributed by atoms with E-state index in [1.807, 2.05) is 13.8 Å². The Morgan fingerprint density at radius 1 is 1.83 bits per heavy atom. The Morgan fingerprint density at radius 2 is 2.58 bits per heavy atom. The first-order valence-corrected chi connectivity index (χ1v) is 3.82. The van der Waals surface area contributed by atoms with Crippen LogP contribution in [0.25, 0.3) is 0 Å². The van der Waals surface area contributed by atoms with Crippen molar-refractivity contribution in [1.82, 2.24) is 15.6 Å². The quantitative estimate of drug-likeness (QED) is 0.719. The lowest BCUT2D eigenvalue weighted by Crippen LogP contribution is -2.32. The Balaban J connectivity index is 2.50. The summed E-state index contributed by atoms with van der Waals surface area (Å²) in [6, 6.07) is 0.147. The van der Waals surface area contributed by atoms with Gasteiger partial charge in [0.2, 0.25) is 0 Å². The molecule has 12 heavy (non-hydrogen) atoms. The Hall–Kier alpha value is -1.39. The zero-order valence-electron chi connectivity index (χ0n) is 7.07. The second-order valence-electron chi connectivity index (χ2n) is 2.58. The number of aromatic nitrogens is 2. The molecule has 1 aromatic rings. The van der Waals surface area contributed by atoms with E-state index >= 15 is 0 Å². The number of rotatable bonds is 3. The summed E-state index contributed by atoms with van der Waals surface area (Å²) in [5.41, 5.74) is 0.218. The summed E-state index contributed by atoms with van der Waals surface area (Å²) >= 11 is 0. The van der Waals surface area contributed by atoms with Crippen LogP contribution in [0.5, 0.6) is 0 Å². The lowest BCUT2D eigenvalue weighted by atomic mass is 10.2. The minimum absolute atomic E-state index is 0.147. The predicted octanol–water partition coefficient (Wildman–Crippen LogP) is 0.598. The van der Waals surface area contributed by atoms with Gasteiger partial charge in [0.25, 0.3) is 5.91 Å². The lowest BCUT2D eigenvalue weighted by Gasteiger charge is -2.08. The first-order chi connectivity index (χ1) is 5.74. The molecule has 1 N–H and O–H groups in total. The van der Waals surface area contributed by atoms with Crippen LogP contribution in [0, 0.1) is 0 Å². The van der Waals surface area contributed by atoms with Crippen molar-refractivity contribution in [2.75, 3.05) is 0 Å². The van der Waals surface area contributed by atoms with Gasteiger partial charge in [0.15, 0.2) is 5.69 Å². The summed E-state index contributed by atoms with van der Waals surface area (Å²) in [6.45, 7) is 3.91. The summed E-state index contributed by atoms with van der Waals surface area (Å²) in [5, 5.41) is 9.47. The lowest BCUT2D eigenvalue weighted by molar-refractivity contribution is 0.0929. The van der Waals surface area contributed by atoms with Crippen molar-refractivity contribution < 1.29 is 9.42 Å². The second-order valence-corrected chi connectivity index (χ2v) is 2.58. The Morgan fingerprint density at radius 3 is 3.08 bits per heavy atom. The van der Waals surface area contributed by atoms with E-state index in [1.54, 1.807) is 0 Å². The molecule has 0 spiro atoms. The van der Waals surface area contributed by atoms with Gasteiger partial charge >= 0.3 is 0 Å². The maximum Gasteiger partial charge on any atom is 0.275 e. The third-order valence-corrected chi connectivity index (χ3v) is 1.58. The van der Waals surface area contributed by atoms with E-state index < -0.39 is 0 Å². The van der Waals surface area contributed by atoms with E-state index in [0.29, 0.717) is 0 Å². The molecule has 1 rings (SSSR count). The van der Waals surface area contributed by atoms with Gasteiger partial charge in [-0.15, -0.1) is 0 Å². The van der Waals surface area contributed by atoms with Gasteiger partial charge in [-0.1, -0.05) is 12.1 Å². The number of hydrogen-bond acceptors (Lipinski definition) is 4. The molecule has 66 valence electrons. The number of carbonyl (C=O) groups is 1. The fourth-order valence-corrected chi connectivity index (χ4v) is 0.664. The minimum Gasteiger partial charge on any atom is -0.348 e. The van der Waals surface area contributed by atoms with Crippen molar-refractivity contribution in [3.05, 3.63) is 11.9 Å². The number of amides is 1. The predicted molar refractivity (Wildman–Crippen MR) is 41.5 cm³/mol. The van der Waals surface area contributed by atoms with Gasteiger partial charge in [-0.25, -0.2) is 4.63 Å². The molecular formula is C7H11N3O2. The molecule has 1 aromatic heterocycles. The SMILES string of the molecule is CCC(C)NC(=O)c1cnon1. The topological polar surface area (TPSA) is 68.0 Å². The van der Waals surface area contributed by atoms with Gasteiger partial charge < -0.3 is 5.32 Å². The molecule has 0 saturated heterocycles. The fraction of sp³-hybridized carbons (Fsp3) is 0.571. The maximum atomic E-state index is 11.2. The molecule has 0 aliphatic heterocycles. The number of nitrogens with one attached hydrogen (secondary N) is 1. The average molecular weight is 169 g/mol. The molecule has 0 aliphatic rings. The van der Waals surface area contributed by atoms with Gasteiger partial charge in [0, 0.05) is 6.04 Å². The van der Waals surface area contributed by atoms with Crippen LogP contribution in [-0.4, -0.2) is 22.3 Å². The number of nitrogens with zero attached hydrogens (tertiary/aromatic N) is 2. The molecule has 5 nitrogen and oxygen atoms in total. The molecule has 1 atom stereocenters. The smallest absolute Gasteiger partial charge is 0.275 e. The van der Waals surface area contributed by atoms with Crippen molar-refractivity contribution in [2.45, 2.75) is 26.3 Å². The molecule has 0 radical (unpaired) electrons. The van der Waals surface area contributed by atoms with Crippen molar-refractivity contribution in [2.24, 2.45) is 0 Å². The van der Waals surface area contributed by atoms with Crippen molar-refractivity contribution >= 4 is 5.91 Å².